The second-order valence-electron chi connectivity index (χ2n) is 7.64. The molecule has 0 heterocycles. The molecule has 0 bridgehead atoms. The van der Waals surface area contributed by atoms with Crippen LogP contribution in [0.25, 0.3) is 0 Å². The van der Waals surface area contributed by atoms with Crippen LogP contribution >= 0.6 is 0 Å². The summed E-state index contributed by atoms with van der Waals surface area (Å²) in [7, 11) is 0. The van der Waals surface area contributed by atoms with E-state index in [1.165, 1.54) is 49.7 Å². The lowest BCUT2D eigenvalue weighted by atomic mass is 9.77. The van der Waals surface area contributed by atoms with Crippen LogP contribution in [-0.4, -0.2) is 17.1 Å². The van der Waals surface area contributed by atoms with E-state index in [4.69, 9.17) is 10.8 Å². The Balaban J connectivity index is 0.000000249. The van der Waals surface area contributed by atoms with Gasteiger partial charge in [-0.05, 0) is 56.4 Å². The second-order valence-corrected chi connectivity index (χ2v) is 7.64. The van der Waals surface area contributed by atoms with Crippen LogP contribution in [0.1, 0.15) is 81.3 Å². The Kier molecular flexibility index (Phi) is 7.77. The van der Waals surface area contributed by atoms with Gasteiger partial charge in [-0.3, -0.25) is 4.79 Å². The molecule has 2 atom stereocenters. The normalized spacial score (nSPS) is 24.8. The van der Waals surface area contributed by atoms with Crippen LogP contribution in [0.2, 0.25) is 0 Å². The van der Waals surface area contributed by atoms with Gasteiger partial charge in [0.15, 0.2) is 0 Å². The topological polar surface area (TPSA) is 63.3 Å². The Morgan fingerprint density at radius 1 is 1.04 bits per heavy atom. The van der Waals surface area contributed by atoms with Gasteiger partial charge in [-0.15, -0.1) is 0 Å². The predicted octanol–water partition coefficient (Wildman–Crippen LogP) is 5.02. The molecule has 3 rings (SSSR count). The van der Waals surface area contributed by atoms with Crippen molar-refractivity contribution in [3.05, 3.63) is 35.4 Å². The maximum atomic E-state index is 10.8. The summed E-state index contributed by atoms with van der Waals surface area (Å²) in [6, 6.07) is 9.23. The molecule has 1 aromatic rings. The molecule has 2 unspecified atom stereocenters. The smallest absolute Gasteiger partial charge is 0.303 e. The number of carbonyl (C=O) groups is 1. The maximum absolute atomic E-state index is 10.8. The molecule has 0 aromatic heterocycles. The fraction of sp³-hybridized carbons (Fsp3) is 0.667. The summed E-state index contributed by atoms with van der Waals surface area (Å²) in [6.07, 6.45) is 11.5. The van der Waals surface area contributed by atoms with Crippen LogP contribution in [0, 0.1) is 12.8 Å². The number of hydrogen-bond donors (Lipinski definition) is 2. The molecule has 2 aliphatic rings. The molecule has 0 saturated heterocycles. The average molecular weight is 332 g/mol. The number of carboxylic acids is 1. The van der Waals surface area contributed by atoms with E-state index >= 15 is 0 Å². The first-order chi connectivity index (χ1) is 11.5. The first-order valence-electron chi connectivity index (χ1n) is 9.58. The first-order valence-corrected chi connectivity index (χ1v) is 9.58. The molecule has 0 spiro atoms. The van der Waals surface area contributed by atoms with E-state index in [2.05, 4.69) is 31.2 Å². The van der Waals surface area contributed by atoms with Crippen LogP contribution in [0.15, 0.2) is 24.3 Å². The van der Waals surface area contributed by atoms with E-state index in [-0.39, 0.29) is 0 Å². The highest BCUT2D eigenvalue weighted by Crippen LogP contribution is 2.37. The van der Waals surface area contributed by atoms with Gasteiger partial charge in [-0.1, -0.05) is 55.5 Å². The summed E-state index contributed by atoms with van der Waals surface area (Å²) in [4.78, 5) is 10.8. The number of hydrogen-bond acceptors (Lipinski definition) is 2. The standard InChI is InChI=1S/C15H20O2.C6H13N/c1-11-5-7-13(8-6-11)14-4-2-3-12(9-14)10-15(16)17;7-6-4-2-1-3-5-6/h5-8,12,14H,2-4,9-10H2,1H3,(H,16,17);6H,1-5,7H2. The molecular formula is C21H33NO2. The minimum atomic E-state index is -0.653. The Hall–Kier alpha value is -1.35. The lowest BCUT2D eigenvalue weighted by Crippen LogP contribution is -2.22. The predicted molar refractivity (Wildman–Crippen MR) is 99.2 cm³/mol. The molecule has 3 nitrogen and oxygen atoms in total. The van der Waals surface area contributed by atoms with Crippen molar-refractivity contribution in [3.63, 3.8) is 0 Å². The molecular weight excluding hydrogens is 298 g/mol. The van der Waals surface area contributed by atoms with Crippen molar-refractivity contribution in [2.45, 2.75) is 83.1 Å². The van der Waals surface area contributed by atoms with Crippen molar-refractivity contribution >= 4 is 5.97 Å². The average Bonchev–Trinajstić information content (AvgIpc) is 2.56. The molecule has 0 aliphatic heterocycles. The quantitative estimate of drug-likeness (QED) is 0.817. The third-order valence-electron chi connectivity index (χ3n) is 5.44. The number of benzene rings is 1. The fourth-order valence-corrected chi connectivity index (χ4v) is 4.00. The zero-order valence-electron chi connectivity index (χ0n) is 15.0. The number of aryl methyl sites for hydroxylation is 1. The monoisotopic (exact) mass is 331 g/mol. The highest BCUT2D eigenvalue weighted by atomic mass is 16.4. The molecule has 24 heavy (non-hydrogen) atoms. The third-order valence-corrected chi connectivity index (χ3v) is 5.44. The van der Waals surface area contributed by atoms with Crippen LogP contribution in [0.3, 0.4) is 0 Å². The van der Waals surface area contributed by atoms with Crippen LogP contribution in [-0.2, 0) is 4.79 Å². The molecule has 0 amide bonds. The van der Waals surface area contributed by atoms with Crippen LogP contribution < -0.4 is 5.73 Å². The zero-order chi connectivity index (χ0) is 17.4. The summed E-state index contributed by atoms with van der Waals surface area (Å²) < 4.78 is 0. The SMILES string of the molecule is Cc1ccc(C2CCCC(CC(=O)O)C2)cc1.NC1CCCCC1. The molecule has 3 heteroatoms. The van der Waals surface area contributed by atoms with Gasteiger partial charge in [0, 0.05) is 12.5 Å². The van der Waals surface area contributed by atoms with Gasteiger partial charge in [0.25, 0.3) is 0 Å². The minimum absolute atomic E-state index is 0.336. The Morgan fingerprint density at radius 3 is 2.25 bits per heavy atom. The molecule has 3 N–H and O–H groups in total. The van der Waals surface area contributed by atoms with Gasteiger partial charge in [0.1, 0.15) is 0 Å². The van der Waals surface area contributed by atoms with Gasteiger partial charge in [0.2, 0.25) is 0 Å². The summed E-state index contributed by atoms with van der Waals surface area (Å²) in [5.74, 6) is 0.279. The molecule has 134 valence electrons. The maximum Gasteiger partial charge on any atom is 0.303 e. The summed E-state index contributed by atoms with van der Waals surface area (Å²) >= 11 is 0. The van der Waals surface area contributed by atoms with Crippen molar-refractivity contribution in [2.75, 3.05) is 0 Å². The lowest BCUT2D eigenvalue weighted by molar-refractivity contribution is -0.138. The zero-order valence-corrected chi connectivity index (χ0v) is 15.0. The Labute approximate surface area is 146 Å². The molecule has 2 saturated carbocycles. The lowest BCUT2D eigenvalue weighted by Gasteiger charge is -2.28. The first kappa shape index (κ1) is 19.0. The number of carboxylic acid groups (broad SMARTS) is 1. The van der Waals surface area contributed by atoms with E-state index in [1.54, 1.807) is 0 Å². The van der Waals surface area contributed by atoms with E-state index < -0.39 is 5.97 Å². The number of nitrogens with two attached hydrogens (primary N) is 1. The molecule has 0 radical (unpaired) electrons. The van der Waals surface area contributed by atoms with Gasteiger partial charge < -0.3 is 10.8 Å². The van der Waals surface area contributed by atoms with Crippen molar-refractivity contribution < 1.29 is 9.90 Å². The van der Waals surface area contributed by atoms with E-state index in [0.717, 1.165) is 19.3 Å². The fourth-order valence-electron chi connectivity index (χ4n) is 4.00. The summed E-state index contributed by atoms with van der Waals surface area (Å²) in [5, 5.41) is 8.86. The highest BCUT2D eigenvalue weighted by Gasteiger charge is 2.24. The minimum Gasteiger partial charge on any atom is -0.481 e. The van der Waals surface area contributed by atoms with Gasteiger partial charge in [0.05, 0.1) is 0 Å². The van der Waals surface area contributed by atoms with E-state index in [0.29, 0.717) is 24.3 Å². The van der Waals surface area contributed by atoms with Crippen molar-refractivity contribution in [3.8, 4) is 0 Å². The summed E-state index contributed by atoms with van der Waals surface area (Å²) in [5.41, 5.74) is 8.30. The van der Waals surface area contributed by atoms with Crippen molar-refractivity contribution in [1.29, 1.82) is 0 Å². The summed E-state index contributed by atoms with van der Waals surface area (Å²) in [6.45, 7) is 2.10. The van der Waals surface area contributed by atoms with Crippen molar-refractivity contribution in [2.24, 2.45) is 11.7 Å². The van der Waals surface area contributed by atoms with Crippen LogP contribution in [0.4, 0.5) is 0 Å². The van der Waals surface area contributed by atoms with Gasteiger partial charge in [-0.2, -0.15) is 0 Å². The Morgan fingerprint density at radius 2 is 1.71 bits per heavy atom. The second kappa shape index (κ2) is 9.83. The number of rotatable bonds is 3. The van der Waals surface area contributed by atoms with E-state index in [9.17, 15) is 4.79 Å². The van der Waals surface area contributed by atoms with Crippen LogP contribution in [0.5, 0.6) is 0 Å². The third kappa shape index (κ3) is 6.64. The Bertz CT molecular complexity index is 491. The molecule has 1 aromatic carbocycles. The largest absolute Gasteiger partial charge is 0.481 e. The van der Waals surface area contributed by atoms with Gasteiger partial charge in [-0.25, -0.2) is 0 Å². The molecule has 2 aliphatic carbocycles. The number of aliphatic carboxylic acids is 1. The highest BCUT2D eigenvalue weighted by molar-refractivity contribution is 5.67. The molecule has 2 fully saturated rings. The van der Waals surface area contributed by atoms with Crippen molar-refractivity contribution in [1.82, 2.24) is 0 Å². The van der Waals surface area contributed by atoms with Gasteiger partial charge >= 0.3 is 5.97 Å². The van der Waals surface area contributed by atoms with E-state index in [1.807, 2.05) is 0 Å².